The molecule has 7 heteroatoms. The quantitative estimate of drug-likeness (QED) is 0.744. The Balaban J connectivity index is 1.68. The Kier molecular flexibility index (Phi) is 4.63. The summed E-state index contributed by atoms with van der Waals surface area (Å²) >= 11 is 1.33. The van der Waals surface area contributed by atoms with Gasteiger partial charge in [0.1, 0.15) is 0 Å². The number of carbonyl (C=O) groups is 3. The molecule has 0 N–H and O–H groups in total. The smallest absolute Gasteiger partial charge is 0.344 e. The van der Waals surface area contributed by atoms with Crippen molar-refractivity contribution < 1.29 is 19.1 Å². The molecule has 0 aliphatic carbocycles. The number of anilines is 1. The molecule has 2 aromatic rings. The molecule has 1 saturated heterocycles. The minimum absolute atomic E-state index is 0.107. The van der Waals surface area contributed by atoms with Gasteiger partial charge in [-0.2, -0.15) is 0 Å². The molecule has 0 radical (unpaired) electrons. The maximum absolute atomic E-state index is 13.4. The van der Waals surface area contributed by atoms with Crippen molar-refractivity contribution in [3.63, 3.8) is 0 Å². The molecule has 144 valence electrons. The van der Waals surface area contributed by atoms with Crippen molar-refractivity contribution in [2.75, 3.05) is 19.0 Å². The largest absolute Gasteiger partial charge is 0.445 e. The number of hydrogen-bond donors (Lipinski definition) is 0. The lowest BCUT2D eigenvalue weighted by molar-refractivity contribution is -0.161. The van der Waals surface area contributed by atoms with Crippen LogP contribution < -0.4 is 4.90 Å². The van der Waals surface area contributed by atoms with Crippen LogP contribution in [0, 0.1) is 0 Å². The zero-order valence-corrected chi connectivity index (χ0v) is 16.4. The number of ether oxygens (including phenoxy) is 1. The molecule has 2 aliphatic rings. The van der Waals surface area contributed by atoms with E-state index >= 15 is 0 Å². The molecule has 0 spiro atoms. The van der Waals surface area contributed by atoms with Crippen LogP contribution in [0.5, 0.6) is 0 Å². The Hall–Kier alpha value is -2.80. The summed E-state index contributed by atoms with van der Waals surface area (Å²) in [6.45, 7) is 0. The first-order chi connectivity index (χ1) is 13.4. The van der Waals surface area contributed by atoms with E-state index in [2.05, 4.69) is 0 Å². The predicted octanol–water partition coefficient (Wildman–Crippen LogP) is 2.99. The molecular formula is C21H20N2O4S. The first kappa shape index (κ1) is 18.6. The number of esters is 1. The van der Waals surface area contributed by atoms with E-state index in [1.807, 2.05) is 30.3 Å². The molecule has 2 aromatic carbocycles. The van der Waals surface area contributed by atoms with Crippen molar-refractivity contribution in [1.82, 2.24) is 4.90 Å². The molecule has 0 bridgehead atoms. The number of benzene rings is 2. The molecule has 2 heterocycles. The standard InChI is InChI=1S/C21H20N2O4S/c1-22(2)19(25)18(14-8-4-3-5-9-14)27-20(26)21-13-12-17(24)23(21)15-10-6-7-11-16(15)28-21/h3-11,18H,12-13H2,1-2H3/t18-,21+/m0/s1. The van der Waals surface area contributed by atoms with E-state index in [0.717, 1.165) is 10.6 Å². The Morgan fingerprint density at radius 2 is 1.79 bits per heavy atom. The van der Waals surface area contributed by atoms with E-state index in [-0.39, 0.29) is 18.2 Å². The Bertz CT molecular complexity index is 946. The highest BCUT2D eigenvalue weighted by Crippen LogP contribution is 2.56. The van der Waals surface area contributed by atoms with Crippen molar-refractivity contribution in [3.05, 3.63) is 60.2 Å². The van der Waals surface area contributed by atoms with Crippen LogP contribution in [0.4, 0.5) is 5.69 Å². The average Bonchev–Trinajstić information content (AvgIpc) is 3.22. The van der Waals surface area contributed by atoms with Crippen LogP contribution in [0.1, 0.15) is 24.5 Å². The first-order valence-corrected chi connectivity index (χ1v) is 9.84. The van der Waals surface area contributed by atoms with E-state index in [1.54, 1.807) is 38.4 Å². The number of likely N-dealkylation sites (N-methyl/N-ethyl adjacent to an activating group) is 1. The summed E-state index contributed by atoms with van der Waals surface area (Å²) in [5, 5.41) is 0. The fraction of sp³-hybridized carbons (Fsp3) is 0.286. The lowest BCUT2D eigenvalue weighted by Gasteiger charge is -2.31. The van der Waals surface area contributed by atoms with Gasteiger partial charge in [-0.25, -0.2) is 4.79 Å². The molecule has 2 aliphatic heterocycles. The van der Waals surface area contributed by atoms with Crippen molar-refractivity contribution in [3.8, 4) is 0 Å². The molecule has 0 saturated carbocycles. The number of hydrogen-bond acceptors (Lipinski definition) is 5. The van der Waals surface area contributed by atoms with E-state index in [4.69, 9.17) is 4.74 Å². The van der Waals surface area contributed by atoms with E-state index < -0.39 is 16.9 Å². The lowest BCUT2D eigenvalue weighted by atomic mass is 10.1. The SMILES string of the molecule is CN(C)C(=O)[C@@H](OC(=O)[C@]12CCC(=O)N1c1ccccc1S2)c1ccccc1. The van der Waals surface area contributed by atoms with E-state index in [0.29, 0.717) is 12.0 Å². The first-order valence-electron chi connectivity index (χ1n) is 9.02. The van der Waals surface area contributed by atoms with Gasteiger partial charge < -0.3 is 9.64 Å². The highest BCUT2D eigenvalue weighted by atomic mass is 32.2. The van der Waals surface area contributed by atoms with Gasteiger partial charge >= 0.3 is 5.97 Å². The number of fused-ring (bicyclic) bond motifs is 3. The van der Waals surface area contributed by atoms with Crippen LogP contribution in [0.3, 0.4) is 0 Å². The summed E-state index contributed by atoms with van der Waals surface area (Å²) in [6.07, 6.45) is -0.435. The monoisotopic (exact) mass is 396 g/mol. The normalized spacial score (nSPS) is 21.1. The second-order valence-electron chi connectivity index (χ2n) is 7.01. The molecule has 2 atom stereocenters. The number of rotatable bonds is 4. The van der Waals surface area contributed by atoms with Gasteiger partial charge in [0.25, 0.3) is 5.91 Å². The van der Waals surface area contributed by atoms with Gasteiger partial charge in [-0.1, -0.05) is 54.2 Å². The summed E-state index contributed by atoms with van der Waals surface area (Å²) in [7, 11) is 3.24. The lowest BCUT2D eigenvalue weighted by Crippen LogP contribution is -2.49. The molecular weight excluding hydrogens is 376 g/mol. The molecule has 0 unspecified atom stereocenters. The van der Waals surface area contributed by atoms with Gasteiger partial charge in [-0.05, 0) is 12.1 Å². The van der Waals surface area contributed by atoms with Crippen LogP contribution in [0.25, 0.3) is 0 Å². The zero-order chi connectivity index (χ0) is 19.9. The van der Waals surface area contributed by atoms with Crippen molar-refractivity contribution >= 4 is 35.2 Å². The van der Waals surface area contributed by atoms with Gasteiger partial charge in [0, 0.05) is 37.4 Å². The zero-order valence-electron chi connectivity index (χ0n) is 15.6. The molecule has 4 rings (SSSR count). The number of nitrogens with zero attached hydrogens (tertiary/aromatic N) is 2. The van der Waals surface area contributed by atoms with Crippen LogP contribution in [0.2, 0.25) is 0 Å². The van der Waals surface area contributed by atoms with Gasteiger partial charge in [-0.15, -0.1) is 0 Å². The van der Waals surface area contributed by atoms with E-state index in [1.165, 1.54) is 21.6 Å². The molecule has 1 fully saturated rings. The molecule has 6 nitrogen and oxygen atoms in total. The van der Waals surface area contributed by atoms with Gasteiger partial charge in [-0.3, -0.25) is 14.5 Å². The number of amides is 2. The maximum Gasteiger partial charge on any atom is 0.344 e. The Morgan fingerprint density at radius 1 is 1.11 bits per heavy atom. The molecule has 2 amide bonds. The van der Waals surface area contributed by atoms with Gasteiger partial charge in [0.2, 0.25) is 12.0 Å². The fourth-order valence-corrected chi connectivity index (χ4v) is 5.00. The highest BCUT2D eigenvalue weighted by Gasteiger charge is 2.59. The Morgan fingerprint density at radius 3 is 2.50 bits per heavy atom. The van der Waals surface area contributed by atoms with Gasteiger partial charge in [0.15, 0.2) is 4.87 Å². The van der Waals surface area contributed by atoms with Crippen LogP contribution >= 0.6 is 11.8 Å². The minimum atomic E-state index is -1.15. The predicted molar refractivity (Wildman–Crippen MR) is 106 cm³/mol. The number of carbonyl (C=O) groups excluding carboxylic acids is 3. The van der Waals surface area contributed by atoms with Crippen LogP contribution in [-0.2, 0) is 19.1 Å². The molecule has 28 heavy (non-hydrogen) atoms. The third-order valence-electron chi connectivity index (χ3n) is 4.98. The third kappa shape index (κ3) is 2.86. The second-order valence-corrected chi connectivity index (χ2v) is 8.33. The molecule has 0 aromatic heterocycles. The summed E-state index contributed by atoms with van der Waals surface area (Å²) in [6, 6.07) is 16.4. The summed E-state index contributed by atoms with van der Waals surface area (Å²) in [5.41, 5.74) is 1.32. The second kappa shape index (κ2) is 6.98. The van der Waals surface area contributed by atoms with E-state index in [9.17, 15) is 14.4 Å². The average molecular weight is 396 g/mol. The number of thioether (sulfide) groups is 1. The third-order valence-corrected chi connectivity index (χ3v) is 6.44. The fourth-order valence-electron chi connectivity index (χ4n) is 3.59. The van der Waals surface area contributed by atoms with Gasteiger partial charge in [0.05, 0.1) is 5.69 Å². The Labute approximate surface area is 167 Å². The van der Waals surface area contributed by atoms with Crippen molar-refractivity contribution in [2.24, 2.45) is 0 Å². The summed E-state index contributed by atoms with van der Waals surface area (Å²) in [5.74, 6) is -1.000. The maximum atomic E-state index is 13.4. The van der Waals surface area contributed by atoms with Crippen molar-refractivity contribution in [2.45, 2.75) is 28.7 Å². The van der Waals surface area contributed by atoms with Crippen LogP contribution in [-0.4, -0.2) is 41.6 Å². The minimum Gasteiger partial charge on any atom is -0.445 e. The number of para-hydroxylation sites is 1. The summed E-state index contributed by atoms with van der Waals surface area (Å²) in [4.78, 5) is 41.3. The van der Waals surface area contributed by atoms with Crippen LogP contribution in [0.15, 0.2) is 59.5 Å². The summed E-state index contributed by atoms with van der Waals surface area (Å²) < 4.78 is 5.78. The highest BCUT2D eigenvalue weighted by molar-refractivity contribution is 8.02. The topological polar surface area (TPSA) is 66.9 Å². The van der Waals surface area contributed by atoms with Crippen molar-refractivity contribution in [1.29, 1.82) is 0 Å².